The maximum atomic E-state index is 12.5. The summed E-state index contributed by atoms with van der Waals surface area (Å²) in [5.41, 5.74) is 0. The van der Waals surface area contributed by atoms with Crippen molar-refractivity contribution in [1.29, 1.82) is 0 Å². The second-order valence-electron chi connectivity index (χ2n) is 6.08. The Bertz CT molecular complexity index is 304. The Hall–Kier alpha value is -0.610. The number of carbonyl (C=O) groups excluding carboxylic acids is 1. The molecule has 2 heterocycles. The van der Waals surface area contributed by atoms with E-state index >= 15 is 0 Å². The first-order valence-electron chi connectivity index (χ1n) is 7.91. The monoisotopic (exact) mass is 267 g/mol. The molecule has 4 heteroatoms. The van der Waals surface area contributed by atoms with E-state index in [0.29, 0.717) is 17.9 Å². The van der Waals surface area contributed by atoms with Crippen LogP contribution in [0.4, 0.5) is 0 Å². The van der Waals surface area contributed by atoms with Crippen LogP contribution in [-0.2, 0) is 4.79 Å². The van der Waals surface area contributed by atoms with Crippen molar-refractivity contribution >= 4 is 5.91 Å². The molecule has 2 fully saturated rings. The molecule has 2 saturated heterocycles. The first-order chi connectivity index (χ1) is 9.15. The lowest BCUT2D eigenvalue weighted by Crippen LogP contribution is -2.50. The molecule has 3 atom stereocenters. The van der Waals surface area contributed by atoms with Crippen LogP contribution >= 0.6 is 0 Å². The fraction of sp³-hybridized carbons (Fsp3) is 0.933. The van der Waals surface area contributed by atoms with Crippen molar-refractivity contribution in [3.05, 3.63) is 0 Å². The van der Waals surface area contributed by atoms with Crippen LogP contribution in [0.3, 0.4) is 0 Å². The van der Waals surface area contributed by atoms with Crippen LogP contribution in [0.1, 0.15) is 40.0 Å². The van der Waals surface area contributed by atoms with Crippen LogP contribution in [0.15, 0.2) is 0 Å². The highest BCUT2D eigenvalue weighted by molar-refractivity contribution is 5.82. The molecule has 2 aliphatic rings. The number of nitrogens with zero attached hydrogens (tertiary/aromatic N) is 2. The van der Waals surface area contributed by atoms with E-state index in [4.69, 9.17) is 0 Å². The van der Waals surface area contributed by atoms with Crippen molar-refractivity contribution in [2.24, 2.45) is 5.92 Å². The number of likely N-dealkylation sites (N-methyl/N-ethyl adjacent to an activating group) is 1. The van der Waals surface area contributed by atoms with E-state index in [1.165, 1.54) is 6.42 Å². The normalized spacial score (nSPS) is 32.0. The van der Waals surface area contributed by atoms with Crippen LogP contribution in [0.25, 0.3) is 0 Å². The van der Waals surface area contributed by atoms with Gasteiger partial charge >= 0.3 is 0 Å². The molecule has 0 aromatic heterocycles. The van der Waals surface area contributed by atoms with Gasteiger partial charge < -0.3 is 10.2 Å². The summed E-state index contributed by atoms with van der Waals surface area (Å²) in [6, 6.07) is 0.638. The lowest BCUT2D eigenvalue weighted by atomic mass is 9.93. The Kier molecular flexibility index (Phi) is 5.22. The largest absolute Gasteiger partial charge is 0.340 e. The van der Waals surface area contributed by atoms with Crippen molar-refractivity contribution in [3.8, 4) is 0 Å². The molecule has 0 aromatic rings. The minimum absolute atomic E-state index is 0.0687. The van der Waals surface area contributed by atoms with Gasteiger partial charge in [-0.1, -0.05) is 20.8 Å². The molecule has 110 valence electrons. The number of nitrogens with one attached hydrogen (secondary N) is 1. The standard InChI is InChI=1S/C15H29N3O/c1-4-17(5-2)13-7-9-18(11-13)15(19)14-10-12(3)6-8-16-14/h12-14,16H,4-11H2,1-3H3. The number of amides is 1. The second kappa shape index (κ2) is 6.71. The molecule has 0 bridgehead atoms. The summed E-state index contributed by atoms with van der Waals surface area (Å²) < 4.78 is 0. The minimum Gasteiger partial charge on any atom is -0.340 e. The second-order valence-corrected chi connectivity index (χ2v) is 6.08. The number of rotatable bonds is 4. The number of carbonyl (C=O) groups is 1. The predicted molar refractivity (Wildman–Crippen MR) is 78.1 cm³/mol. The van der Waals surface area contributed by atoms with Crippen molar-refractivity contribution < 1.29 is 4.79 Å². The summed E-state index contributed by atoms with van der Waals surface area (Å²) in [6.45, 7) is 11.7. The maximum absolute atomic E-state index is 12.5. The zero-order valence-corrected chi connectivity index (χ0v) is 12.7. The van der Waals surface area contributed by atoms with Gasteiger partial charge in [0.1, 0.15) is 0 Å². The lowest BCUT2D eigenvalue weighted by molar-refractivity contribution is -0.133. The van der Waals surface area contributed by atoms with Gasteiger partial charge in [-0.05, 0) is 44.8 Å². The van der Waals surface area contributed by atoms with Gasteiger partial charge in [0.25, 0.3) is 0 Å². The van der Waals surface area contributed by atoms with Crippen molar-refractivity contribution in [3.63, 3.8) is 0 Å². The van der Waals surface area contributed by atoms with Gasteiger partial charge in [-0.25, -0.2) is 0 Å². The molecule has 2 aliphatic heterocycles. The SMILES string of the molecule is CCN(CC)C1CCN(C(=O)C2CC(C)CCN2)C1. The summed E-state index contributed by atoms with van der Waals surface area (Å²) >= 11 is 0. The van der Waals surface area contributed by atoms with Crippen molar-refractivity contribution in [2.45, 2.75) is 52.1 Å². The average Bonchev–Trinajstić information content (AvgIpc) is 2.89. The number of piperidine rings is 1. The molecule has 1 N–H and O–H groups in total. The third-order valence-corrected chi connectivity index (χ3v) is 4.77. The topological polar surface area (TPSA) is 35.6 Å². The van der Waals surface area contributed by atoms with Gasteiger partial charge in [0, 0.05) is 19.1 Å². The van der Waals surface area contributed by atoms with E-state index in [2.05, 4.69) is 35.9 Å². The number of hydrogen-bond donors (Lipinski definition) is 1. The fourth-order valence-corrected chi connectivity index (χ4v) is 3.50. The van der Waals surface area contributed by atoms with Gasteiger partial charge in [-0.3, -0.25) is 9.69 Å². The fourth-order valence-electron chi connectivity index (χ4n) is 3.50. The predicted octanol–water partition coefficient (Wildman–Crippen LogP) is 1.32. The van der Waals surface area contributed by atoms with Gasteiger partial charge in [0.15, 0.2) is 0 Å². The zero-order valence-electron chi connectivity index (χ0n) is 12.7. The Labute approximate surface area is 117 Å². The summed E-state index contributed by atoms with van der Waals surface area (Å²) in [6.07, 6.45) is 3.34. The van der Waals surface area contributed by atoms with Crippen LogP contribution in [0, 0.1) is 5.92 Å². The smallest absolute Gasteiger partial charge is 0.239 e. The number of likely N-dealkylation sites (tertiary alicyclic amines) is 1. The zero-order chi connectivity index (χ0) is 13.8. The Morgan fingerprint density at radius 3 is 2.68 bits per heavy atom. The molecule has 0 aliphatic carbocycles. The Morgan fingerprint density at radius 2 is 2.05 bits per heavy atom. The first-order valence-corrected chi connectivity index (χ1v) is 7.91. The average molecular weight is 267 g/mol. The summed E-state index contributed by atoms with van der Waals surface area (Å²) in [4.78, 5) is 17.1. The van der Waals surface area contributed by atoms with Crippen LogP contribution in [0.5, 0.6) is 0 Å². The third kappa shape index (κ3) is 3.48. The van der Waals surface area contributed by atoms with Gasteiger partial charge in [0.2, 0.25) is 5.91 Å². The molecule has 2 rings (SSSR count). The van der Waals surface area contributed by atoms with Crippen LogP contribution < -0.4 is 5.32 Å². The van der Waals surface area contributed by atoms with E-state index < -0.39 is 0 Å². The molecule has 0 radical (unpaired) electrons. The molecule has 3 unspecified atom stereocenters. The molecule has 0 aromatic carbocycles. The summed E-state index contributed by atoms with van der Waals surface area (Å²) in [7, 11) is 0. The minimum atomic E-state index is 0.0687. The highest BCUT2D eigenvalue weighted by Gasteiger charge is 2.34. The van der Waals surface area contributed by atoms with E-state index in [0.717, 1.165) is 45.6 Å². The molecule has 0 saturated carbocycles. The maximum Gasteiger partial charge on any atom is 0.239 e. The van der Waals surface area contributed by atoms with Crippen LogP contribution in [-0.4, -0.2) is 60.5 Å². The third-order valence-electron chi connectivity index (χ3n) is 4.77. The van der Waals surface area contributed by atoms with Crippen molar-refractivity contribution in [1.82, 2.24) is 15.1 Å². The number of hydrogen-bond acceptors (Lipinski definition) is 3. The Balaban J connectivity index is 1.87. The van der Waals surface area contributed by atoms with E-state index in [9.17, 15) is 4.79 Å². The van der Waals surface area contributed by atoms with E-state index in [-0.39, 0.29) is 6.04 Å². The van der Waals surface area contributed by atoms with Gasteiger partial charge in [-0.2, -0.15) is 0 Å². The van der Waals surface area contributed by atoms with Crippen LogP contribution in [0.2, 0.25) is 0 Å². The molecule has 4 nitrogen and oxygen atoms in total. The van der Waals surface area contributed by atoms with Gasteiger partial charge in [0.05, 0.1) is 6.04 Å². The molecule has 0 spiro atoms. The van der Waals surface area contributed by atoms with Gasteiger partial charge in [-0.15, -0.1) is 0 Å². The molecular weight excluding hydrogens is 238 g/mol. The lowest BCUT2D eigenvalue weighted by Gasteiger charge is -2.31. The van der Waals surface area contributed by atoms with E-state index in [1.54, 1.807) is 0 Å². The quantitative estimate of drug-likeness (QED) is 0.834. The highest BCUT2D eigenvalue weighted by atomic mass is 16.2. The summed E-state index contributed by atoms with van der Waals surface area (Å²) in [5.74, 6) is 1.01. The van der Waals surface area contributed by atoms with Crippen molar-refractivity contribution in [2.75, 3.05) is 32.7 Å². The van der Waals surface area contributed by atoms with E-state index in [1.807, 2.05) is 0 Å². The Morgan fingerprint density at radius 1 is 1.32 bits per heavy atom. The molecular formula is C15H29N3O. The molecule has 1 amide bonds. The molecule has 19 heavy (non-hydrogen) atoms. The highest BCUT2D eigenvalue weighted by Crippen LogP contribution is 2.20. The first kappa shape index (κ1) is 14.8. The summed E-state index contributed by atoms with van der Waals surface area (Å²) in [5, 5.41) is 3.39.